The molecule has 0 amide bonds. The molecule has 9 heteroatoms. The Morgan fingerprint density at radius 2 is 2.13 bits per heavy atom. The van der Waals surface area contributed by atoms with Gasteiger partial charge in [0.05, 0.1) is 22.2 Å². The molecule has 0 spiro atoms. The smallest absolute Gasteiger partial charge is 0.201 e. The lowest BCUT2D eigenvalue weighted by molar-refractivity contribution is 0.103. The summed E-state index contributed by atoms with van der Waals surface area (Å²) >= 11 is 1.33. The van der Waals surface area contributed by atoms with Crippen molar-refractivity contribution in [3.05, 3.63) is 47.4 Å². The number of carbonyl (C=O) groups excluding carboxylic acids is 1. The number of aromatic nitrogens is 3. The van der Waals surface area contributed by atoms with Gasteiger partial charge in [0, 0.05) is 18.0 Å². The summed E-state index contributed by atoms with van der Waals surface area (Å²) in [6.45, 7) is 4.75. The second kappa shape index (κ2) is 8.59. The first kappa shape index (κ1) is 20.6. The van der Waals surface area contributed by atoms with E-state index in [1.165, 1.54) is 30.5 Å². The number of rotatable bonds is 9. The summed E-state index contributed by atoms with van der Waals surface area (Å²) in [7, 11) is 0. The van der Waals surface area contributed by atoms with E-state index in [1.54, 1.807) is 0 Å². The fourth-order valence-corrected chi connectivity index (χ4v) is 3.71. The first-order valence-electron chi connectivity index (χ1n) is 9.99. The van der Waals surface area contributed by atoms with Crippen molar-refractivity contribution in [3.8, 4) is 0 Å². The zero-order valence-electron chi connectivity index (χ0n) is 16.8. The van der Waals surface area contributed by atoms with Gasteiger partial charge in [0.15, 0.2) is 5.82 Å². The number of aromatic amines is 1. The van der Waals surface area contributed by atoms with Crippen LogP contribution in [0.4, 0.5) is 20.3 Å². The number of nitrogens with zero attached hydrogens (tertiary/aromatic N) is 2. The van der Waals surface area contributed by atoms with Crippen molar-refractivity contribution in [1.82, 2.24) is 15.0 Å². The highest BCUT2D eigenvalue weighted by Crippen LogP contribution is 2.32. The molecule has 2 heterocycles. The summed E-state index contributed by atoms with van der Waals surface area (Å²) in [6.07, 6.45) is 6.02. The molecule has 0 saturated heterocycles. The molecule has 6 nitrogen and oxygen atoms in total. The number of halogens is 2. The molecule has 1 aliphatic carbocycles. The number of carbonyl (C=O) groups is 1. The van der Waals surface area contributed by atoms with Gasteiger partial charge in [-0.05, 0) is 49.3 Å². The number of hydrogen-bond donors (Lipinski definition) is 3. The average Bonchev–Trinajstić information content (AvgIpc) is 3.47. The Bertz CT molecular complexity index is 1080. The van der Waals surface area contributed by atoms with Crippen LogP contribution in [0.25, 0.3) is 11.0 Å². The highest BCUT2D eigenvalue weighted by Gasteiger charge is 2.27. The lowest BCUT2D eigenvalue weighted by atomic mass is 10.0. The zero-order valence-corrected chi connectivity index (χ0v) is 17.6. The Balaban J connectivity index is 1.69. The predicted molar refractivity (Wildman–Crippen MR) is 116 cm³/mol. The highest BCUT2D eigenvalue weighted by molar-refractivity contribution is 8.01. The molecule has 2 aromatic heterocycles. The molecular weight excluding hydrogens is 408 g/mol. The normalized spacial score (nSPS) is 14.7. The monoisotopic (exact) mass is 431 g/mol. The van der Waals surface area contributed by atoms with Crippen LogP contribution in [-0.4, -0.2) is 32.5 Å². The van der Waals surface area contributed by atoms with Gasteiger partial charge in [-0.1, -0.05) is 13.8 Å². The number of benzene rings is 1. The van der Waals surface area contributed by atoms with Crippen molar-refractivity contribution in [2.24, 2.45) is 5.92 Å². The Kier molecular flexibility index (Phi) is 5.90. The molecule has 1 aromatic carbocycles. The van der Waals surface area contributed by atoms with Crippen molar-refractivity contribution in [2.45, 2.75) is 38.4 Å². The van der Waals surface area contributed by atoms with Crippen molar-refractivity contribution < 1.29 is 13.6 Å². The third-order valence-electron chi connectivity index (χ3n) is 5.23. The third-order valence-corrected chi connectivity index (χ3v) is 6.31. The van der Waals surface area contributed by atoms with E-state index in [0.29, 0.717) is 22.8 Å². The van der Waals surface area contributed by atoms with Gasteiger partial charge >= 0.3 is 0 Å². The van der Waals surface area contributed by atoms with Gasteiger partial charge in [0.25, 0.3) is 0 Å². The maximum absolute atomic E-state index is 15.1. The number of H-pyrrole nitrogens is 1. The van der Waals surface area contributed by atoms with Crippen molar-refractivity contribution in [1.29, 1.82) is 0 Å². The van der Waals surface area contributed by atoms with Crippen molar-refractivity contribution in [3.63, 3.8) is 0 Å². The van der Waals surface area contributed by atoms with E-state index in [2.05, 4.69) is 25.0 Å². The van der Waals surface area contributed by atoms with Gasteiger partial charge in [-0.2, -0.15) is 0 Å². The molecule has 158 valence electrons. The summed E-state index contributed by atoms with van der Waals surface area (Å²) in [4.78, 5) is 24.5. The number of nitrogens with one attached hydrogen (secondary N) is 3. The molecule has 1 saturated carbocycles. The maximum atomic E-state index is 15.1. The summed E-state index contributed by atoms with van der Waals surface area (Å²) in [5.41, 5.74) is 0.0540. The summed E-state index contributed by atoms with van der Waals surface area (Å²) in [5, 5.41) is 3.91. The van der Waals surface area contributed by atoms with Gasteiger partial charge in [0.1, 0.15) is 23.6 Å². The van der Waals surface area contributed by atoms with Crippen molar-refractivity contribution >= 4 is 40.3 Å². The zero-order chi connectivity index (χ0) is 21.3. The van der Waals surface area contributed by atoms with Crippen LogP contribution in [0.3, 0.4) is 0 Å². The SMILES string of the molecule is CCC(C)SNc1ccc(F)c(C(=O)c2c[nH]c3ncnc(NCC4CC4)c23)c1F. The van der Waals surface area contributed by atoms with Crippen LogP contribution in [0.2, 0.25) is 0 Å². The van der Waals surface area contributed by atoms with Gasteiger partial charge in [-0.3, -0.25) is 4.79 Å². The van der Waals surface area contributed by atoms with Crippen molar-refractivity contribution in [2.75, 3.05) is 16.6 Å². The highest BCUT2D eigenvalue weighted by atomic mass is 32.2. The molecule has 0 bridgehead atoms. The first-order chi connectivity index (χ1) is 14.5. The van der Waals surface area contributed by atoms with E-state index in [-0.39, 0.29) is 16.5 Å². The Hall–Kier alpha value is -2.68. The molecule has 0 aliphatic heterocycles. The third kappa shape index (κ3) is 4.12. The quantitative estimate of drug-likeness (QED) is 0.321. The molecule has 30 heavy (non-hydrogen) atoms. The van der Waals surface area contributed by atoms with E-state index < -0.39 is 23.0 Å². The molecule has 3 aromatic rings. The standard InChI is InChI=1S/C21H23F2N5OS/c1-3-11(2)30-28-15-7-6-14(22)17(18(15)23)19(29)13-9-25-21-16(13)20(26-10-27-21)24-8-12-4-5-12/h6-7,9-12,28H,3-5,8H2,1-2H3,(H2,24,25,26,27). The van der Waals surface area contributed by atoms with Crippen LogP contribution in [0.5, 0.6) is 0 Å². The van der Waals surface area contributed by atoms with E-state index in [0.717, 1.165) is 31.9 Å². The lowest BCUT2D eigenvalue weighted by Crippen LogP contribution is -2.11. The second-order valence-corrected chi connectivity index (χ2v) is 8.77. The second-order valence-electron chi connectivity index (χ2n) is 7.52. The largest absolute Gasteiger partial charge is 0.369 e. The van der Waals surface area contributed by atoms with Gasteiger partial charge in [-0.25, -0.2) is 18.7 Å². The number of hydrogen-bond acceptors (Lipinski definition) is 6. The van der Waals surface area contributed by atoms with E-state index in [4.69, 9.17) is 0 Å². The summed E-state index contributed by atoms with van der Waals surface area (Å²) < 4.78 is 32.5. The fourth-order valence-electron chi connectivity index (χ4n) is 3.06. The molecule has 1 unspecified atom stereocenters. The number of anilines is 2. The Morgan fingerprint density at radius 1 is 1.33 bits per heavy atom. The molecule has 1 atom stereocenters. The molecule has 1 aliphatic rings. The minimum atomic E-state index is -0.908. The Morgan fingerprint density at radius 3 is 2.87 bits per heavy atom. The molecule has 0 radical (unpaired) electrons. The minimum absolute atomic E-state index is 0.0771. The molecule has 4 rings (SSSR count). The van der Waals surface area contributed by atoms with E-state index in [1.807, 2.05) is 13.8 Å². The minimum Gasteiger partial charge on any atom is -0.369 e. The maximum Gasteiger partial charge on any atom is 0.201 e. The van der Waals surface area contributed by atoms with E-state index in [9.17, 15) is 9.18 Å². The lowest BCUT2D eigenvalue weighted by Gasteiger charge is -2.13. The van der Waals surface area contributed by atoms with Crippen LogP contribution in [0.15, 0.2) is 24.7 Å². The van der Waals surface area contributed by atoms with E-state index >= 15 is 4.39 Å². The number of fused-ring (bicyclic) bond motifs is 1. The molecule has 1 fully saturated rings. The van der Waals surface area contributed by atoms with Crippen LogP contribution in [0, 0.1) is 17.6 Å². The topological polar surface area (TPSA) is 82.7 Å². The average molecular weight is 432 g/mol. The summed E-state index contributed by atoms with van der Waals surface area (Å²) in [5.74, 6) is -1.49. The Labute approximate surface area is 177 Å². The van der Waals surface area contributed by atoms with Gasteiger partial charge in [0.2, 0.25) is 5.78 Å². The van der Waals surface area contributed by atoms with Crippen LogP contribution >= 0.6 is 11.9 Å². The fraction of sp³-hybridized carbons (Fsp3) is 0.381. The van der Waals surface area contributed by atoms with Gasteiger partial charge < -0.3 is 15.0 Å². The number of ketones is 1. The van der Waals surface area contributed by atoms with Gasteiger partial charge in [-0.15, -0.1) is 0 Å². The van der Waals surface area contributed by atoms with Crippen LogP contribution < -0.4 is 10.0 Å². The predicted octanol–water partition coefficient (Wildman–Crippen LogP) is 5.15. The van der Waals surface area contributed by atoms with Crippen LogP contribution in [0.1, 0.15) is 49.0 Å². The first-order valence-corrected chi connectivity index (χ1v) is 10.9. The molecule has 3 N–H and O–H groups in total. The molecular formula is C21H23F2N5OS. The van der Waals surface area contributed by atoms with Crippen LogP contribution in [-0.2, 0) is 0 Å². The summed E-state index contributed by atoms with van der Waals surface area (Å²) in [6, 6.07) is 2.41.